The van der Waals surface area contributed by atoms with Crippen molar-refractivity contribution in [2.75, 3.05) is 18.1 Å². The van der Waals surface area contributed by atoms with Gasteiger partial charge >= 0.3 is 0 Å². The second-order valence-corrected chi connectivity index (χ2v) is 8.13. The second kappa shape index (κ2) is 8.85. The maximum atomic E-state index is 11.8. The van der Waals surface area contributed by atoms with Crippen LogP contribution in [0.25, 0.3) is 0 Å². The van der Waals surface area contributed by atoms with E-state index in [0.29, 0.717) is 6.04 Å². The van der Waals surface area contributed by atoms with Gasteiger partial charge in [-0.2, -0.15) is 0 Å². The van der Waals surface area contributed by atoms with Crippen LogP contribution in [0.15, 0.2) is 0 Å². The first-order valence-electron chi connectivity index (χ1n) is 7.01. The molecule has 0 aliphatic carbocycles. The molecule has 1 aliphatic heterocycles. The van der Waals surface area contributed by atoms with Crippen molar-refractivity contribution in [2.24, 2.45) is 5.92 Å². The van der Waals surface area contributed by atoms with Crippen molar-refractivity contribution in [3.05, 3.63) is 0 Å². The molecule has 0 radical (unpaired) electrons. The molecule has 7 heteroatoms. The highest BCUT2D eigenvalue weighted by Gasteiger charge is 2.21. The monoisotopic (exact) mass is 326 g/mol. The summed E-state index contributed by atoms with van der Waals surface area (Å²) in [5, 5.41) is 6.25. The lowest BCUT2D eigenvalue weighted by Gasteiger charge is -2.28. The SMILES string of the molecule is CC(C)CS(=O)(=O)CCC(=O)NC1CCNC(C)C1.Cl. The summed E-state index contributed by atoms with van der Waals surface area (Å²) in [6.07, 6.45) is 1.90. The fourth-order valence-corrected chi connectivity index (χ4v) is 4.08. The van der Waals surface area contributed by atoms with Crippen LogP contribution in [0.3, 0.4) is 0 Å². The topological polar surface area (TPSA) is 75.3 Å². The third-order valence-corrected chi connectivity index (χ3v) is 5.22. The molecule has 1 aliphatic rings. The summed E-state index contributed by atoms with van der Waals surface area (Å²) in [5.41, 5.74) is 0. The van der Waals surface area contributed by atoms with Gasteiger partial charge in [-0.15, -0.1) is 12.4 Å². The van der Waals surface area contributed by atoms with E-state index in [1.54, 1.807) is 0 Å². The van der Waals surface area contributed by atoms with E-state index in [9.17, 15) is 13.2 Å². The molecular formula is C13H27ClN2O3S. The van der Waals surface area contributed by atoms with E-state index in [4.69, 9.17) is 0 Å². The van der Waals surface area contributed by atoms with Crippen molar-refractivity contribution in [2.45, 2.75) is 52.1 Å². The summed E-state index contributed by atoms with van der Waals surface area (Å²) >= 11 is 0. The van der Waals surface area contributed by atoms with Crippen molar-refractivity contribution < 1.29 is 13.2 Å². The Kier molecular flexibility index (Phi) is 8.70. The third-order valence-electron chi connectivity index (χ3n) is 3.22. The molecule has 0 spiro atoms. The van der Waals surface area contributed by atoms with E-state index in [1.165, 1.54) is 0 Å². The summed E-state index contributed by atoms with van der Waals surface area (Å²) in [6.45, 7) is 6.73. The summed E-state index contributed by atoms with van der Waals surface area (Å²) in [4.78, 5) is 11.8. The smallest absolute Gasteiger partial charge is 0.221 e. The number of nitrogens with one attached hydrogen (secondary N) is 2. The van der Waals surface area contributed by atoms with E-state index < -0.39 is 9.84 Å². The molecule has 2 atom stereocenters. The quantitative estimate of drug-likeness (QED) is 0.767. The molecule has 0 aromatic carbocycles. The van der Waals surface area contributed by atoms with Crippen LogP contribution in [0.1, 0.15) is 40.0 Å². The molecule has 1 rings (SSSR count). The molecule has 1 amide bonds. The van der Waals surface area contributed by atoms with E-state index in [1.807, 2.05) is 13.8 Å². The lowest BCUT2D eigenvalue weighted by molar-refractivity contribution is -0.121. The first-order chi connectivity index (χ1) is 8.78. The predicted octanol–water partition coefficient (Wildman–Crippen LogP) is 1.13. The molecule has 0 bridgehead atoms. The highest BCUT2D eigenvalue weighted by molar-refractivity contribution is 7.91. The van der Waals surface area contributed by atoms with Crippen LogP contribution in [-0.2, 0) is 14.6 Å². The van der Waals surface area contributed by atoms with Crippen molar-refractivity contribution in [1.82, 2.24) is 10.6 Å². The van der Waals surface area contributed by atoms with Crippen LogP contribution in [0.2, 0.25) is 0 Å². The fraction of sp³-hybridized carbons (Fsp3) is 0.923. The van der Waals surface area contributed by atoms with Crippen LogP contribution in [0.4, 0.5) is 0 Å². The molecule has 1 heterocycles. The summed E-state index contributed by atoms with van der Waals surface area (Å²) < 4.78 is 23.4. The standard InChI is InChI=1S/C13H26N2O3S.ClH/c1-10(2)9-19(17,18)7-5-13(16)15-12-4-6-14-11(3)8-12;/h10-12,14H,4-9H2,1-3H3,(H,15,16);1H. The van der Waals surface area contributed by atoms with E-state index >= 15 is 0 Å². The van der Waals surface area contributed by atoms with Gasteiger partial charge in [0.1, 0.15) is 0 Å². The number of hydrogen-bond acceptors (Lipinski definition) is 4. The van der Waals surface area contributed by atoms with Crippen molar-refractivity contribution in [3.63, 3.8) is 0 Å². The number of sulfone groups is 1. The van der Waals surface area contributed by atoms with Gasteiger partial charge in [-0.3, -0.25) is 4.79 Å². The van der Waals surface area contributed by atoms with E-state index in [-0.39, 0.29) is 48.2 Å². The number of rotatable bonds is 6. The normalized spacial score (nSPS) is 23.2. The number of piperidine rings is 1. The molecule has 20 heavy (non-hydrogen) atoms. The third kappa shape index (κ3) is 8.07. The van der Waals surface area contributed by atoms with Crippen LogP contribution in [0.5, 0.6) is 0 Å². The Morgan fingerprint density at radius 3 is 2.60 bits per heavy atom. The summed E-state index contributed by atoms with van der Waals surface area (Å²) in [5.74, 6) is 0.0760. The average Bonchev–Trinajstić information content (AvgIpc) is 2.25. The van der Waals surface area contributed by atoms with Crippen molar-refractivity contribution in [3.8, 4) is 0 Å². The van der Waals surface area contributed by atoms with Gasteiger partial charge in [-0.1, -0.05) is 13.8 Å². The Morgan fingerprint density at radius 2 is 2.05 bits per heavy atom. The van der Waals surface area contributed by atoms with E-state index in [2.05, 4.69) is 17.6 Å². The molecule has 5 nitrogen and oxygen atoms in total. The van der Waals surface area contributed by atoms with Gasteiger partial charge in [0.2, 0.25) is 5.91 Å². The number of hydrogen-bond donors (Lipinski definition) is 2. The minimum Gasteiger partial charge on any atom is -0.353 e. The van der Waals surface area contributed by atoms with Gasteiger partial charge in [0.05, 0.1) is 11.5 Å². The Balaban J connectivity index is 0.00000361. The largest absolute Gasteiger partial charge is 0.353 e. The molecule has 0 aromatic rings. The molecular weight excluding hydrogens is 300 g/mol. The van der Waals surface area contributed by atoms with Crippen LogP contribution in [0, 0.1) is 5.92 Å². The molecule has 0 saturated carbocycles. The number of halogens is 1. The average molecular weight is 327 g/mol. The molecule has 1 saturated heterocycles. The lowest BCUT2D eigenvalue weighted by atomic mass is 10.0. The van der Waals surface area contributed by atoms with Crippen molar-refractivity contribution >= 4 is 28.2 Å². The minimum absolute atomic E-state index is 0. The fourth-order valence-electron chi connectivity index (χ4n) is 2.40. The predicted molar refractivity (Wildman–Crippen MR) is 84.0 cm³/mol. The molecule has 120 valence electrons. The summed E-state index contributed by atoms with van der Waals surface area (Å²) in [7, 11) is -3.10. The van der Waals surface area contributed by atoms with Gasteiger partial charge in [0.15, 0.2) is 9.84 Å². The number of carbonyl (C=O) groups is 1. The number of carbonyl (C=O) groups excluding carboxylic acids is 1. The van der Waals surface area contributed by atoms with Crippen LogP contribution >= 0.6 is 12.4 Å². The maximum Gasteiger partial charge on any atom is 0.221 e. The van der Waals surface area contributed by atoms with Crippen molar-refractivity contribution in [1.29, 1.82) is 0 Å². The van der Waals surface area contributed by atoms with Crippen LogP contribution in [-0.4, -0.2) is 44.5 Å². The Morgan fingerprint density at radius 1 is 1.40 bits per heavy atom. The van der Waals surface area contributed by atoms with E-state index in [0.717, 1.165) is 19.4 Å². The Labute approximate surface area is 128 Å². The highest BCUT2D eigenvalue weighted by atomic mass is 35.5. The first kappa shape index (κ1) is 19.7. The van der Waals surface area contributed by atoms with Gasteiger partial charge < -0.3 is 10.6 Å². The molecule has 0 aromatic heterocycles. The molecule has 1 fully saturated rings. The Hall–Kier alpha value is -0.330. The van der Waals surface area contributed by atoms with Gasteiger partial charge in [-0.25, -0.2) is 8.42 Å². The molecule has 2 N–H and O–H groups in total. The van der Waals surface area contributed by atoms with Gasteiger partial charge in [0, 0.05) is 18.5 Å². The lowest BCUT2D eigenvalue weighted by Crippen LogP contribution is -2.46. The minimum atomic E-state index is -3.10. The number of amides is 1. The zero-order valence-corrected chi connectivity index (χ0v) is 14.1. The molecule has 2 unspecified atom stereocenters. The highest BCUT2D eigenvalue weighted by Crippen LogP contribution is 2.08. The Bertz CT molecular complexity index is 398. The zero-order valence-electron chi connectivity index (χ0n) is 12.5. The maximum absolute atomic E-state index is 11.8. The first-order valence-corrected chi connectivity index (χ1v) is 8.84. The zero-order chi connectivity index (χ0) is 14.5. The van der Waals surface area contributed by atoms with Gasteiger partial charge in [0.25, 0.3) is 0 Å². The second-order valence-electron chi connectivity index (χ2n) is 5.90. The summed E-state index contributed by atoms with van der Waals surface area (Å²) in [6, 6.07) is 0.584. The van der Waals surface area contributed by atoms with Gasteiger partial charge in [-0.05, 0) is 32.2 Å². The van der Waals surface area contributed by atoms with Crippen LogP contribution < -0.4 is 10.6 Å².